The summed E-state index contributed by atoms with van der Waals surface area (Å²) in [5, 5.41) is 0. The van der Waals surface area contributed by atoms with Gasteiger partial charge in [0.05, 0.1) is 6.61 Å². The first-order valence-electron chi connectivity index (χ1n) is 5.31. The molecule has 0 N–H and O–H groups in total. The Hall–Kier alpha value is -1.98. The molecule has 1 rings (SSSR count). The molecule has 6 heteroatoms. The van der Waals surface area contributed by atoms with Gasteiger partial charge < -0.3 is 9.64 Å². The highest BCUT2D eigenvalue weighted by Crippen LogP contribution is 2.11. The number of benzene rings is 1. The zero-order valence-electron chi connectivity index (χ0n) is 10.1. The largest absolute Gasteiger partial charge is 0.459 e. The van der Waals surface area contributed by atoms with Gasteiger partial charge in [0.2, 0.25) is 0 Å². The first-order valence-corrected chi connectivity index (χ1v) is 5.31. The smallest absolute Gasteiger partial charge is 0.397 e. The first kappa shape index (κ1) is 14.1. The predicted molar refractivity (Wildman–Crippen MR) is 59.5 cm³/mol. The Morgan fingerprint density at radius 1 is 1.33 bits per heavy atom. The number of rotatable bonds is 3. The molecular weight excluding hydrogens is 244 g/mol. The van der Waals surface area contributed by atoms with E-state index in [1.54, 1.807) is 6.92 Å². The number of carbonyl (C=O) groups is 2. The van der Waals surface area contributed by atoms with Crippen LogP contribution in [0.25, 0.3) is 0 Å². The highest BCUT2D eigenvalue weighted by Gasteiger charge is 2.20. The SMILES string of the molecule is CCOC(=O)C(=O)N(C)Cc1ccc(F)cc1F. The van der Waals surface area contributed by atoms with Crippen LogP contribution in [0.2, 0.25) is 0 Å². The molecule has 98 valence electrons. The van der Waals surface area contributed by atoms with E-state index >= 15 is 0 Å². The number of esters is 1. The van der Waals surface area contributed by atoms with E-state index in [2.05, 4.69) is 4.74 Å². The number of likely N-dealkylation sites (N-methyl/N-ethyl adjacent to an activating group) is 1. The van der Waals surface area contributed by atoms with E-state index in [0.717, 1.165) is 17.0 Å². The summed E-state index contributed by atoms with van der Waals surface area (Å²) < 4.78 is 30.5. The van der Waals surface area contributed by atoms with Gasteiger partial charge in [0.25, 0.3) is 0 Å². The molecule has 4 nitrogen and oxygen atoms in total. The second-order valence-electron chi connectivity index (χ2n) is 3.62. The topological polar surface area (TPSA) is 46.6 Å². The van der Waals surface area contributed by atoms with Crippen LogP contribution in [-0.4, -0.2) is 30.4 Å². The van der Waals surface area contributed by atoms with Crippen molar-refractivity contribution in [2.45, 2.75) is 13.5 Å². The van der Waals surface area contributed by atoms with Crippen molar-refractivity contribution in [1.82, 2.24) is 4.90 Å². The molecule has 0 saturated carbocycles. The number of hydrogen-bond acceptors (Lipinski definition) is 3. The van der Waals surface area contributed by atoms with Gasteiger partial charge in [0.15, 0.2) is 0 Å². The molecule has 0 heterocycles. The highest BCUT2D eigenvalue weighted by molar-refractivity contribution is 6.32. The standard InChI is InChI=1S/C12H13F2NO3/c1-3-18-12(17)11(16)15(2)7-8-4-5-9(13)6-10(8)14/h4-6H,3,7H2,1-2H3. The van der Waals surface area contributed by atoms with Crippen LogP contribution in [0.1, 0.15) is 12.5 Å². The van der Waals surface area contributed by atoms with E-state index < -0.39 is 23.5 Å². The molecule has 0 unspecified atom stereocenters. The Kier molecular flexibility index (Phi) is 4.76. The van der Waals surface area contributed by atoms with Gasteiger partial charge in [-0.1, -0.05) is 6.07 Å². The average molecular weight is 257 g/mol. The lowest BCUT2D eigenvalue weighted by Crippen LogP contribution is -2.34. The summed E-state index contributed by atoms with van der Waals surface area (Å²) in [5.41, 5.74) is 0.122. The molecule has 1 aromatic carbocycles. The number of nitrogens with zero attached hydrogens (tertiary/aromatic N) is 1. The second kappa shape index (κ2) is 6.09. The zero-order valence-corrected chi connectivity index (χ0v) is 10.1. The third-order valence-electron chi connectivity index (χ3n) is 2.22. The number of halogens is 2. The molecule has 0 fully saturated rings. The summed E-state index contributed by atoms with van der Waals surface area (Å²) in [6.07, 6.45) is 0. The third kappa shape index (κ3) is 3.51. The molecule has 0 saturated heterocycles. The van der Waals surface area contributed by atoms with E-state index in [4.69, 9.17) is 0 Å². The number of ether oxygens (including phenoxy) is 1. The summed E-state index contributed by atoms with van der Waals surface area (Å²) in [4.78, 5) is 23.6. The van der Waals surface area contributed by atoms with Crippen LogP contribution >= 0.6 is 0 Å². The van der Waals surface area contributed by atoms with E-state index in [-0.39, 0.29) is 18.7 Å². The van der Waals surface area contributed by atoms with Crippen molar-refractivity contribution in [3.8, 4) is 0 Å². The van der Waals surface area contributed by atoms with Gasteiger partial charge in [-0.3, -0.25) is 4.79 Å². The Balaban J connectivity index is 2.72. The molecule has 18 heavy (non-hydrogen) atoms. The summed E-state index contributed by atoms with van der Waals surface area (Å²) >= 11 is 0. The van der Waals surface area contributed by atoms with Gasteiger partial charge in [-0.15, -0.1) is 0 Å². The van der Waals surface area contributed by atoms with E-state index in [1.165, 1.54) is 13.1 Å². The maximum Gasteiger partial charge on any atom is 0.397 e. The minimum absolute atomic E-state index is 0.0866. The number of hydrogen-bond donors (Lipinski definition) is 0. The van der Waals surface area contributed by atoms with Gasteiger partial charge >= 0.3 is 11.9 Å². The molecule has 0 atom stereocenters. The normalized spacial score (nSPS) is 10.0. The average Bonchev–Trinajstić information content (AvgIpc) is 2.32. The zero-order chi connectivity index (χ0) is 13.7. The maximum absolute atomic E-state index is 13.3. The van der Waals surface area contributed by atoms with Gasteiger partial charge in [-0.05, 0) is 13.0 Å². The third-order valence-corrected chi connectivity index (χ3v) is 2.22. The fourth-order valence-corrected chi connectivity index (χ4v) is 1.33. The van der Waals surface area contributed by atoms with Crippen LogP contribution in [0.4, 0.5) is 8.78 Å². The summed E-state index contributed by atoms with van der Waals surface area (Å²) in [5.74, 6) is -3.34. The summed E-state index contributed by atoms with van der Waals surface area (Å²) in [6.45, 7) is 1.53. The second-order valence-corrected chi connectivity index (χ2v) is 3.62. The quantitative estimate of drug-likeness (QED) is 0.608. The molecule has 1 aromatic rings. The van der Waals surface area contributed by atoms with Crippen LogP contribution < -0.4 is 0 Å². The molecule has 1 amide bonds. The van der Waals surface area contributed by atoms with Crippen molar-refractivity contribution in [3.05, 3.63) is 35.4 Å². The van der Waals surface area contributed by atoms with Gasteiger partial charge in [0.1, 0.15) is 11.6 Å². The van der Waals surface area contributed by atoms with Crippen molar-refractivity contribution in [2.75, 3.05) is 13.7 Å². The van der Waals surface area contributed by atoms with Crippen LogP contribution in [-0.2, 0) is 20.9 Å². The van der Waals surface area contributed by atoms with Gasteiger partial charge in [-0.25, -0.2) is 13.6 Å². The van der Waals surface area contributed by atoms with Gasteiger partial charge in [-0.2, -0.15) is 0 Å². The Morgan fingerprint density at radius 2 is 2.00 bits per heavy atom. The fourth-order valence-electron chi connectivity index (χ4n) is 1.33. The van der Waals surface area contributed by atoms with Crippen molar-refractivity contribution in [3.63, 3.8) is 0 Å². The Labute approximate surface area is 103 Å². The minimum atomic E-state index is -0.998. The molecule has 0 bridgehead atoms. The molecule has 0 aliphatic rings. The van der Waals surface area contributed by atoms with Gasteiger partial charge in [0, 0.05) is 25.2 Å². The highest BCUT2D eigenvalue weighted by atomic mass is 19.1. The van der Waals surface area contributed by atoms with Crippen LogP contribution in [0, 0.1) is 11.6 Å². The minimum Gasteiger partial charge on any atom is -0.459 e. The maximum atomic E-state index is 13.3. The monoisotopic (exact) mass is 257 g/mol. The first-order chi connectivity index (χ1) is 8.45. The molecular formula is C12H13F2NO3. The molecule has 0 aromatic heterocycles. The van der Waals surface area contributed by atoms with Crippen molar-refractivity contribution in [2.24, 2.45) is 0 Å². The summed E-state index contributed by atoms with van der Waals surface area (Å²) in [7, 11) is 1.34. The van der Waals surface area contributed by atoms with Crippen LogP contribution in [0.15, 0.2) is 18.2 Å². The molecule has 0 aliphatic heterocycles. The lowest BCUT2D eigenvalue weighted by Gasteiger charge is -2.16. The van der Waals surface area contributed by atoms with Crippen LogP contribution in [0.3, 0.4) is 0 Å². The molecule has 0 aliphatic carbocycles. The number of carbonyl (C=O) groups excluding carboxylic acids is 2. The van der Waals surface area contributed by atoms with Crippen molar-refractivity contribution < 1.29 is 23.1 Å². The van der Waals surface area contributed by atoms with Crippen LogP contribution in [0.5, 0.6) is 0 Å². The summed E-state index contributed by atoms with van der Waals surface area (Å²) in [6, 6.07) is 3.03. The molecule has 0 spiro atoms. The Bertz CT molecular complexity index is 463. The van der Waals surface area contributed by atoms with E-state index in [1.807, 2.05) is 0 Å². The number of amides is 1. The lowest BCUT2D eigenvalue weighted by atomic mass is 10.2. The Morgan fingerprint density at radius 3 is 2.56 bits per heavy atom. The van der Waals surface area contributed by atoms with Crippen molar-refractivity contribution in [1.29, 1.82) is 0 Å². The van der Waals surface area contributed by atoms with E-state index in [0.29, 0.717) is 0 Å². The van der Waals surface area contributed by atoms with Crippen molar-refractivity contribution >= 4 is 11.9 Å². The predicted octanol–water partition coefficient (Wildman–Crippen LogP) is 1.49. The molecule has 0 radical (unpaired) electrons. The van der Waals surface area contributed by atoms with E-state index in [9.17, 15) is 18.4 Å². The fraction of sp³-hybridized carbons (Fsp3) is 0.333. The lowest BCUT2D eigenvalue weighted by molar-refractivity contribution is -0.159.